The van der Waals surface area contributed by atoms with Gasteiger partial charge in [0.05, 0.1) is 0 Å². The van der Waals surface area contributed by atoms with E-state index in [2.05, 4.69) is 22.0 Å². The fraction of sp³-hybridized carbons (Fsp3) is 0.417. The van der Waals surface area contributed by atoms with Crippen molar-refractivity contribution >= 4 is 23.3 Å². The van der Waals surface area contributed by atoms with Crippen LogP contribution in [-0.2, 0) is 14.3 Å². The number of carbonyl (C=O) groups is 2. The predicted octanol–water partition coefficient (Wildman–Crippen LogP) is 3.01. The molecule has 1 aliphatic heterocycles. The number of esters is 1. The van der Waals surface area contributed by atoms with E-state index in [9.17, 15) is 9.59 Å². The Morgan fingerprint density at radius 2 is 1.58 bits per heavy atom. The smallest absolute Gasteiger partial charge is 0.344 e. The normalized spacial score (nSPS) is 14.2. The van der Waals surface area contributed by atoms with E-state index in [-0.39, 0.29) is 19.1 Å². The number of carbonyl (C=O) groups excluding carboxylic acids is 2. The van der Waals surface area contributed by atoms with Crippen molar-refractivity contribution in [2.45, 2.75) is 20.8 Å². The van der Waals surface area contributed by atoms with Crippen LogP contribution in [0.2, 0.25) is 0 Å². The SMILES string of the molecule is CCN1CCN(c2ccc(NC(=O)COC(=O)COc3cc(C)cc(C)c3)cc2)CC1. The van der Waals surface area contributed by atoms with Crippen LogP contribution in [0.4, 0.5) is 11.4 Å². The van der Waals surface area contributed by atoms with Gasteiger partial charge in [-0.05, 0) is 67.9 Å². The number of likely N-dealkylation sites (N-methyl/N-ethyl adjacent to an activating group) is 1. The lowest BCUT2D eigenvalue weighted by molar-refractivity contribution is -0.149. The van der Waals surface area contributed by atoms with Crippen LogP contribution in [0.3, 0.4) is 0 Å². The summed E-state index contributed by atoms with van der Waals surface area (Å²) in [6.07, 6.45) is 0. The lowest BCUT2D eigenvalue weighted by Crippen LogP contribution is -2.46. The average Bonchev–Trinajstić information content (AvgIpc) is 2.76. The third kappa shape index (κ3) is 7.00. The summed E-state index contributed by atoms with van der Waals surface area (Å²) in [5, 5.41) is 2.75. The van der Waals surface area contributed by atoms with Gasteiger partial charge in [0, 0.05) is 37.6 Å². The second kappa shape index (κ2) is 10.8. The summed E-state index contributed by atoms with van der Waals surface area (Å²) < 4.78 is 10.5. The van der Waals surface area contributed by atoms with Crippen LogP contribution < -0.4 is 15.0 Å². The topological polar surface area (TPSA) is 71.1 Å². The highest BCUT2D eigenvalue weighted by Crippen LogP contribution is 2.19. The summed E-state index contributed by atoms with van der Waals surface area (Å²) >= 11 is 0. The van der Waals surface area contributed by atoms with Crippen molar-refractivity contribution in [2.75, 3.05) is 56.2 Å². The Balaban J connectivity index is 1.39. The third-order valence-corrected chi connectivity index (χ3v) is 5.25. The van der Waals surface area contributed by atoms with Crippen LogP contribution in [0, 0.1) is 13.8 Å². The number of anilines is 2. The summed E-state index contributed by atoms with van der Waals surface area (Å²) in [6, 6.07) is 13.5. The molecule has 0 aromatic heterocycles. The summed E-state index contributed by atoms with van der Waals surface area (Å²) in [5.74, 6) is -0.366. The molecule has 0 spiro atoms. The van der Waals surface area contributed by atoms with Crippen molar-refractivity contribution in [2.24, 2.45) is 0 Å². The Labute approximate surface area is 183 Å². The Hall–Kier alpha value is -3.06. The van der Waals surface area contributed by atoms with Crippen molar-refractivity contribution in [1.82, 2.24) is 4.90 Å². The number of hydrogen-bond donors (Lipinski definition) is 1. The molecule has 3 rings (SSSR count). The van der Waals surface area contributed by atoms with Crippen LogP contribution in [0.15, 0.2) is 42.5 Å². The molecule has 1 amide bonds. The highest BCUT2D eigenvalue weighted by molar-refractivity contribution is 5.93. The number of hydrogen-bond acceptors (Lipinski definition) is 6. The molecule has 31 heavy (non-hydrogen) atoms. The van der Waals surface area contributed by atoms with Crippen molar-refractivity contribution in [3.63, 3.8) is 0 Å². The van der Waals surface area contributed by atoms with Crippen LogP contribution >= 0.6 is 0 Å². The number of piperazine rings is 1. The van der Waals surface area contributed by atoms with Gasteiger partial charge < -0.3 is 24.6 Å². The standard InChI is InChI=1S/C24H31N3O4/c1-4-26-9-11-27(12-10-26)21-7-5-20(6-8-21)25-23(28)16-31-24(29)17-30-22-14-18(2)13-19(3)15-22/h5-8,13-15H,4,9-12,16-17H2,1-3H3,(H,25,28). The zero-order valence-electron chi connectivity index (χ0n) is 18.5. The van der Waals surface area contributed by atoms with E-state index in [1.54, 1.807) is 0 Å². The van der Waals surface area contributed by atoms with Crippen LogP contribution in [-0.4, -0.2) is 62.7 Å². The molecular formula is C24H31N3O4. The molecule has 1 fully saturated rings. The molecule has 0 atom stereocenters. The maximum atomic E-state index is 12.1. The summed E-state index contributed by atoms with van der Waals surface area (Å²) in [5.41, 5.74) is 3.92. The maximum absolute atomic E-state index is 12.1. The third-order valence-electron chi connectivity index (χ3n) is 5.25. The van der Waals surface area contributed by atoms with Gasteiger partial charge in [-0.1, -0.05) is 13.0 Å². The summed E-state index contributed by atoms with van der Waals surface area (Å²) in [7, 11) is 0. The van der Waals surface area contributed by atoms with Gasteiger partial charge in [-0.3, -0.25) is 4.79 Å². The van der Waals surface area contributed by atoms with E-state index < -0.39 is 5.97 Å². The zero-order valence-corrected chi connectivity index (χ0v) is 18.5. The van der Waals surface area contributed by atoms with Crippen LogP contribution in [0.5, 0.6) is 5.75 Å². The van der Waals surface area contributed by atoms with Gasteiger partial charge >= 0.3 is 5.97 Å². The van der Waals surface area contributed by atoms with Crippen LogP contribution in [0.1, 0.15) is 18.1 Å². The van der Waals surface area contributed by atoms with E-state index in [1.807, 2.05) is 56.3 Å². The molecule has 0 unspecified atom stereocenters. The zero-order chi connectivity index (χ0) is 22.2. The highest BCUT2D eigenvalue weighted by atomic mass is 16.6. The van der Waals surface area contributed by atoms with Crippen molar-refractivity contribution in [1.29, 1.82) is 0 Å². The first-order valence-electron chi connectivity index (χ1n) is 10.7. The quantitative estimate of drug-likeness (QED) is 0.656. The Morgan fingerprint density at radius 1 is 0.935 bits per heavy atom. The molecular weight excluding hydrogens is 394 g/mol. The van der Waals surface area contributed by atoms with E-state index in [4.69, 9.17) is 9.47 Å². The fourth-order valence-corrected chi connectivity index (χ4v) is 3.62. The number of amides is 1. The molecule has 0 radical (unpaired) electrons. The molecule has 0 saturated carbocycles. The molecule has 0 aliphatic carbocycles. The van der Waals surface area contributed by atoms with Gasteiger partial charge in [0.2, 0.25) is 0 Å². The number of benzene rings is 2. The van der Waals surface area contributed by atoms with Gasteiger partial charge in [-0.15, -0.1) is 0 Å². The molecule has 1 saturated heterocycles. The Bertz CT molecular complexity index is 870. The van der Waals surface area contributed by atoms with Gasteiger partial charge in [-0.25, -0.2) is 4.79 Å². The molecule has 166 valence electrons. The fourth-order valence-electron chi connectivity index (χ4n) is 3.62. The second-order valence-electron chi connectivity index (χ2n) is 7.79. The van der Waals surface area contributed by atoms with Gasteiger partial charge in [0.25, 0.3) is 5.91 Å². The van der Waals surface area contributed by atoms with Crippen molar-refractivity contribution in [3.8, 4) is 5.75 Å². The molecule has 2 aromatic carbocycles. The van der Waals surface area contributed by atoms with E-state index >= 15 is 0 Å². The van der Waals surface area contributed by atoms with Gasteiger partial charge in [0.1, 0.15) is 5.75 Å². The monoisotopic (exact) mass is 425 g/mol. The largest absolute Gasteiger partial charge is 0.482 e. The second-order valence-corrected chi connectivity index (χ2v) is 7.79. The van der Waals surface area contributed by atoms with E-state index in [1.165, 1.54) is 0 Å². The first-order chi connectivity index (χ1) is 14.9. The molecule has 1 heterocycles. The van der Waals surface area contributed by atoms with E-state index in [0.717, 1.165) is 49.5 Å². The van der Waals surface area contributed by atoms with E-state index in [0.29, 0.717) is 11.4 Å². The maximum Gasteiger partial charge on any atom is 0.344 e. The predicted molar refractivity (Wildman–Crippen MR) is 122 cm³/mol. The van der Waals surface area contributed by atoms with Crippen molar-refractivity contribution in [3.05, 3.63) is 53.6 Å². The number of ether oxygens (including phenoxy) is 2. The first-order valence-corrected chi connectivity index (χ1v) is 10.7. The Morgan fingerprint density at radius 3 is 2.19 bits per heavy atom. The molecule has 7 heteroatoms. The van der Waals surface area contributed by atoms with Gasteiger partial charge in [-0.2, -0.15) is 0 Å². The molecule has 0 bridgehead atoms. The Kier molecular flexibility index (Phi) is 7.89. The van der Waals surface area contributed by atoms with Crippen LogP contribution in [0.25, 0.3) is 0 Å². The number of nitrogens with zero attached hydrogens (tertiary/aromatic N) is 2. The van der Waals surface area contributed by atoms with Crippen molar-refractivity contribution < 1.29 is 19.1 Å². The highest BCUT2D eigenvalue weighted by Gasteiger charge is 2.16. The minimum absolute atomic E-state index is 0.240. The number of nitrogens with one attached hydrogen (secondary N) is 1. The minimum Gasteiger partial charge on any atom is -0.482 e. The number of rotatable bonds is 8. The lowest BCUT2D eigenvalue weighted by atomic mass is 10.1. The average molecular weight is 426 g/mol. The first kappa shape index (κ1) is 22.6. The van der Waals surface area contributed by atoms with Gasteiger partial charge in [0.15, 0.2) is 13.2 Å². The summed E-state index contributed by atoms with van der Waals surface area (Å²) in [4.78, 5) is 28.7. The lowest BCUT2D eigenvalue weighted by Gasteiger charge is -2.35. The molecule has 1 aliphatic rings. The minimum atomic E-state index is -0.587. The summed E-state index contributed by atoms with van der Waals surface area (Å²) in [6.45, 7) is 10.7. The molecule has 1 N–H and O–H groups in total. The molecule has 2 aromatic rings. The molecule has 7 nitrogen and oxygen atoms in total. The number of aryl methyl sites for hydroxylation is 2.